The van der Waals surface area contributed by atoms with E-state index in [9.17, 15) is 4.79 Å². The molecule has 0 saturated carbocycles. The molecule has 6 heteroatoms. The van der Waals surface area contributed by atoms with Crippen molar-refractivity contribution in [3.63, 3.8) is 0 Å². The number of carbonyl (C=O) groups is 1. The Labute approximate surface area is 127 Å². The number of amides is 1. The molecule has 0 unspecified atom stereocenters. The molecule has 2 heterocycles. The normalized spacial score (nSPS) is 10.7. The first-order valence-electron chi connectivity index (χ1n) is 6.84. The van der Waals surface area contributed by atoms with Crippen molar-refractivity contribution in [1.82, 2.24) is 14.8 Å². The molecular weight excluding hydrogens is 280 g/mol. The van der Waals surface area contributed by atoms with Crippen molar-refractivity contribution in [2.24, 2.45) is 7.05 Å². The second-order valence-corrected chi connectivity index (χ2v) is 4.93. The molecule has 0 atom stereocenters. The van der Waals surface area contributed by atoms with E-state index in [0.717, 1.165) is 10.8 Å². The van der Waals surface area contributed by atoms with Crippen molar-refractivity contribution in [1.29, 1.82) is 0 Å². The van der Waals surface area contributed by atoms with Crippen molar-refractivity contribution in [3.05, 3.63) is 47.9 Å². The van der Waals surface area contributed by atoms with Crippen LogP contribution in [0.25, 0.3) is 10.8 Å². The van der Waals surface area contributed by atoms with Crippen molar-refractivity contribution in [3.8, 4) is 5.88 Å². The topological polar surface area (TPSA) is 69.0 Å². The van der Waals surface area contributed by atoms with Crippen LogP contribution in [0.5, 0.6) is 5.88 Å². The number of hydrogen-bond donors (Lipinski definition) is 1. The summed E-state index contributed by atoms with van der Waals surface area (Å²) < 4.78 is 6.87. The van der Waals surface area contributed by atoms with Crippen LogP contribution >= 0.6 is 0 Å². The minimum Gasteiger partial charge on any atom is -0.480 e. The van der Waals surface area contributed by atoms with Gasteiger partial charge in [0, 0.05) is 18.6 Å². The van der Waals surface area contributed by atoms with E-state index < -0.39 is 0 Å². The lowest BCUT2D eigenvalue weighted by Crippen LogP contribution is -2.15. The highest BCUT2D eigenvalue weighted by Crippen LogP contribution is 2.28. The van der Waals surface area contributed by atoms with Gasteiger partial charge in [0.15, 0.2) is 0 Å². The van der Waals surface area contributed by atoms with E-state index in [4.69, 9.17) is 4.74 Å². The zero-order valence-electron chi connectivity index (χ0n) is 12.6. The van der Waals surface area contributed by atoms with Gasteiger partial charge in [-0.1, -0.05) is 24.3 Å². The number of ether oxygens (including phenoxy) is 1. The lowest BCUT2D eigenvalue weighted by molar-refractivity contribution is 0.102. The molecule has 0 spiro atoms. The maximum absolute atomic E-state index is 12.6. The molecule has 3 aromatic rings. The third-order valence-electron chi connectivity index (χ3n) is 3.49. The van der Waals surface area contributed by atoms with E-state index in [1.165, 1.54) is 0 Å². The number of aromatic nitrogens is 3. The second kappa shape index (κ2) is 5.48. The maximum atomic E-state index is 12.6. The van der Waals surface area contributed by atoms with Crippen molar-refractivity contribution in [2.45, 2.75) is 6.92 Å². The minimum atomic E-state index is -0.286. The lowest BCUT2D eigenvalue weighted by atomic mass is 10.1. The first-order chi connectivity index (χ1) is 10.6. The molecule has 0 fully saturated rings. The van der Waals surface area contributed by atoms with Gasteiger partial charge in [-0.15, -0.1) is 0 Å². The zero-order chi connectivity index (χ0) is 15.7. The molecule has 0 aliphatic carbocycles. The van der Waals surface area contributed by atoms with Gasteiger partial charge in [-0.25, -0.2) is 4.68 Å². The fraction of sp³-hybridized carbons (Fsp3) is 0.188. The number of carbonyl (C=O) groups excluding carboxylic acids is 1. The van der Waals surface area contributed by atoms with E-state index in [1.807, 2.05) is 37.3 Å². The summed E-state index contributed by atoms with van der Waals surface area (Å²) >= 11 is 0. The number of pyridine rings is 1. The van der Waals surface area contributed by atoms with Gasteiger partial charge in [0.25, 0.3) is 5.91 Å². The number of methoxy groups -OCH3 is 1. The molecule has 112 valence electrons. The number of nitrogens with one attached hydrogen (secondary N) is 1. The van der Waals surface area contributed by atoms with Crippen molar-refractivity contribution >= 4 is 22.4 Å². The molecule has 22 heavy (non-hydrogen) atoms. The summed E-state index contributed by atoms with van der Waals surface area (Å²) in [5, 5.41) is 8.87. The van der Waals surface area contributed by atoms with Crippen LogP contribution in [-0.2, 0) is 7.05 Å². The molecule has 0 saturated heterocycles. The number of aryl methyl sites for hydroxylation is 2. The van der Waals surface area contributed by atoms with Gasteiger partial charge in [-0.2, -0.15) is 5.10 Å². The highest BCUT2D eigenvalue weighted by Gasteiger charge is 2.19. The third kappa shape index (κ3) is 2.28. The molecule has 1 amide bonds. The monoisotopic (exact) mass is 296 g/mol. The Bertz CT molecular complexity index is 849. The van der Waals surface area contributed by atoms with Gasteiger partial charge >= 0.3 is 0 Å². The van der Waals surface area contributed by atoms with Gasteiger partial charge < -0.3 is 10.1 Å². The smallest absolute Gasteiger partial charge is 0.275 e. The molecule has 0 aliphatic heterocycles. The van der Waals surface area contributed by atoms with Crippen molar-refractivity contribution in [2.75, 3.05) is 12.4 Å². The molecule has 0 aliphatic rings. The van der Waals surface area contributed by atoms with E-state index in [-0.39, 0.29) is 5.91 Å². The predicted molar refractivity (Wildman–Crippen MR) is 84.2 cm³/mol. The Morgan fingerprint density at radius 2 is 2.05 bits per heavy atom. The molecule has 6 nitrogen and oxygen atoms in total. The summed E-state index contributed by atoms with van der Waals surface area (Å²) in [5.41, 5.74) is 1.63. The minimum absolute atomic E-state index is 0.286. The summed E-state index contributed by atoms with van der Waals surface area (Å²) in [7, 11) is 3.31. The molecule has 0 bridgehead atoms. The van der Waals surface area contributed by atoms with Crippen molar-refractivity contribution < 1.29 is 9.53 Å². The first kappa shape index (κ1) is 14.1. The van der Waals surface area contributed by atoms with Gasteiger partial charge in [0.1, 0.15) is 11.4 Å². The molecular formula is C16H16N4O2. The number of rotatable bonds is 3. The van der Waals surface area contributed by atoms with Gasteiger partial charge in [-0.3, -0.25) is 9.78 Å². The van der Waals surface area contributed by atoms with Crippen LogP contribution in [0.3, 0.4) is 0 Å². The second-order valence-electron chi connectivity index (χ2n) is 4.93. The lowest BCUT2D eigenvalue weighted by Gasteiger charge is -2.08. The number of nitrogens with zero attached hydrogens (tertiary/aromatic N) is 3. The zero-order valence-corrected chi connectivity index (χ0v) is 12.6. The Morgan fingerprint density at radius 1 is 1.27 bits per heavy atom. The average molecular weight is 296 g/mol. The largest absolute Gasteiger partial charge is 0.480 e. The number of anilines is 1. The fourth-order valence-electron chi connectivity index (χ4n) is 2.49. The highest BCUT2D eigenvalue weighted by molar-refractivity contribution is 6.11. The third-order valence-corrected chi connectivity index (χ3v) is 3.49. The number of hydrogen-bond acceptors (Lipinski definition) is 4. The van der Waals surface area contributed by atoms with Crippen LogP contribution in [0.4, 0.5) is 5.69 Å². The Balaban J connectivity index is 2.01. The van der Waals surface area contributed by atoms with Gasteiger partial charge in [-0.05, 0) is 18.4 Å². The summed E-state index contributed by atoms with van der Waals surface area (Å²) in [6.45, 7) is 1.81. The summed E-state index contributed by atoms with van der Waals surface area (Å²) in [5.74, 6) is 0.220. The fourth-order valence-corrected chi connectivity index (χ4v) is 2.49. The molecule has 3 rings (SSSR count). The Morgan fingerprint density at radius 3 is 2.82 bits per heavy atom. The average Bonchev–Trinajstić information content (AvgIpc) is 2.80. The van der Waals surface area contributed by atoms with Crippen LogP contribution in [0.15, 0.2) is 36.5 Å². The van der Waals surface area contributed by atoms with E-state index in [2.05, 4.69) is 15.4 Å². The summed E-state index contributed by atoms with van der Waals surface area (Å²) in [6, 6.07) is 9.52. The van der Waals surface area contributed by atoms with Gasteiger partial charge in [0.05, 0.1) is 12.8 Å². The van der Waals surface area contributed by atoms with Crippen LogP contribution in [-0.4, -0.2) is 27.8 Å². The first-order valence-corrected chi connectivity index (χ1v) is 6.84. The molecule has 2 aromatic heterocycles. The van der Waals surface area contributed by atoms with E-state index in [1.54, 1.807) is 25.0 Å². The molecule has 1 aromatic carbocycles. The van der Waals surface area contributed by atoms with Gasteiger partial charge in [0.2, 0.25) is 5.88 Å². The standard InChI is InChI=1S/C16H16N4O2/c1-10-13(16(22-3)20(2)19-10)18-15(21)14-12-7-5-4-6-11(12)8-9-17-14/h4-9H,1-3H3,(H,18,21). The van der Waals surface area contributed by atoms with Crippen LogP contribution in [0, 0.1) is 6.92 Å². The Kier molecular flexibility index (Phi) is 3.50. The van der Waals surface area contributed by atoms with E-state index >= 15 is 0 Å². The van der Waals surface area contributed by atoms with Crippen LogP contribution in [0.2, 0.25) is 0 Å². The molecule has 1 N–H and O–H groups in total. The summed E-state index contributed by atoms with van der Waals surface area (Å²) in [6.07, 6.45) is 1.63. The maximum Gasteiger partial charge on any atom is 0.275 e. The van der Waals surface area contributed by atoms with Crippen LogP contribution < -0.4 is 10.1 Å². The number of fused-ring (bicyclic) bond motifs is 1. The predicted octanol–water partition coefficient (Wildman–Crippen LogP) is 2.54. The summed E-state index contributed by atoms with van der Waals surface area (Å²) in [4.78, 5) is 16.8. The highest BCUT2D eigenvalue weighted by atomic mass is 16.5. The quantitative estimate of drug-likeness (QED) is 0.806. The number of benzene rings is 1. The molecule has 0 radical (unpaired) electrons. The Hall–Kier alpha value is -2.89. The SMILES string of the molecule is COc1c(NC(=O)c2nccc3ccccc23)c(C)nn1C. The van der Waals surface area contributed by atoms with Crippen LogP contribution in [0.1, 0.15) is 16.2 Å². The van der Waals surface area contributed by atoms with E-state index in [0.29, 0.717) is 23.0 Å².